The van der Waals surface area contributed by atoms with E-state index >= 15 is 0 Å². The van der Waals surface area contributed by atoms with E-state index in [0.29, 0.717) is 35.8 Å². The largest absolute Gasteiger partial charge is 0.490 e. The van der Waals surface area contributed by atoms with Crippen LogP contribution in [0.3, 0.4) is 0 Å². The summed E-state index contributed by atoms with van der Waals surface area (Å²) in [5.41, 5.74) is 6.51. The molecule has 0 saturated heterocycles. The van der Waals surface area contributed by atoms with Crippen molar-refractivity contribution in [3.05, 3.63) is 90.0 Å². The fraction of sp³-hybridized carbons (Fsp3) is 0.0909. The number of nitrogens with two attached hydrogens (primary N) is 1. The number of benzene rings is 3. The van der Waals surface area contributed by atoms with Crippen molar-refractivity contribution in [2.24, 2.45) is 5.73 Å². The van der Waals surface area contributed by atoms with Gasteiger partial charge in [-0.15, -0.1) is 0 Å². The van der Waals surface area contributed by atoms with Crippen LogP contribution in [0, 0.1) is 0 Å². The predicted octanol–water partition coefficient (Wildman–Crippen LogP) is 3.50. The summed E-state index contributed by atoms with van der Waals surface area (Å²) in [6.45, 7) is 0.737. The average Bonchev–Trinajstić information content (AvgIpc) is 2.72. The van der Waals surface area contributed by atoms with Gasteiger partial charge < -0.3 is 20.5 Å². The molecule has 0 spiro atoms. The van der Waals surface area contributed by atoms with Gasteiger partial charge in [0.1, 0.15) is 24.7 Å². The van der Waals surface area contributed by atoms with Crippen LogP contribution in [-0.2, 0) is 0 Å². The van der Waals surface area contributed by atoms with E-state index in [-0.39, 0.29) is 5.91 Å². The molecule has 0 aliphatic heterocycles. The van der Waals surface area contributed by atoms with Crippen molar-refractivity contribution in [1.29, 1.82) is 0 Å². The quantitative estimate of drug-likeness (QED) is 0.589. The van der Waals surface area contributed by atoms with Crippen molar-refractivity contribution >= 4 is 17.5 Å². The van der Waals surface area contributed by atoms with Crippen molar-refractivity contribution in [1.82, 2.24) is 0 Å². The molecule has 0 fully saturated rings. The molecule has 3 aromatic rings. The van der Waals surface area contributed by atoms with Crippen LogP contribution in [0.1, 0.15) is 20.7 Å². The van der Waals surface area contributed by atoms with Gasteiger partial charge in [0, 0.05) is 16.8 Å². The van der Waals surface area contributed by atoms with Crippen LogP contribution >= 0.6 is 0 Å². The zero-order chi connectivity index (χ0) is 19.8. The average molecular weight is 376 g/mol. The summed E-state index contributed by atoms with van der Waals surface area (Å²) in [6.07, 6.45) is 0. The normalized spacial score (nSPS) is 10.1. The van der Waals surface area contributed by atoms with Crippen LogP contribution in [0.4, 0.5) is 5.69 Å². The van der Waals surface area contributed by atoms with E-state index in [1.165, 1.54) is 6.07 Å². The second-order valence-corrected chi connectivity index (χ2v) is 5.94. The predicted molar refractivity (Wildman–Crippen MR) is 107 cm³/mol. The van der Waals surface area contributed by atoms with Gasteiger partial charge in [0.15, 0.2) is 0 Å². The third kappa shape index (κ3) is 5.35. The van der Waals surface area contributed by atoms with Gasteiger partial charge in [0.2, 0.25) is 5.91 Å². The van der Waals surface area contributed by atoms with Crippen molar-refractivity contribution in [2.75, 3.05) is 18.5 Å². The van der Waals surface area contributed by atoms with E-state index in [9.17, 15) is 9.59 Å². The molecule has 0 aliphatic carbocycles. The van der Waals surface area contributed by atoms with Crippen LogP contribution in [0.15, 0.2) is 78.9 Å². The number of para-hydroxylation sites is 1. The molecule has 0 saturated carbocycles. The van der Waals surface area contributed by atoms with E-state index in [1.54, 1.807) is 42.5 Å². The highest BCUT2D eigenvalue weighted by atomic mass is 16.5. The number of rotatable bonds is 8. The Balaban J connectivity index is 1.55. The fourth-order valence-electron chi connectivity index (χ4n) is 2.52. The molecule has 3 aromatic carbocycles. The minimum absolute atomic E-state index is 0.312. The maximum atomic E-state index is 12.5. The lowest BCUT2D eigenvalue weighted by Gasteiger charge is -2.10. The fourth-order valence-corrected chi connectivity index (χ4v) is 2.52. The van der Waals surface area contributed by atoms with Crippen molar-refractivity contribution in [3.8, 4) is 11.5 Å². The molecule has 0 aliphatic rings. The molecule has 0 atom stereocenters. The number of carbonyl (C=O) groups excluding carboxylic acids is 2. The molecule has 142 valence electrons. The highest BCUT2D eigenvalue weighted by Crippen LogP contribution is 2.16. The summed E-state index contributed by atoms with van der Waals surface area (Å²) >= 11 is 0. The van der Waals surface area contributed by atoms with Gasteiger partial charge in [0.05, 0.1) is 0 Å². The standard InChI is InChI=1S/C22H20N2O4/c23-21(25)16-6-4-8-18(14-16)24-22(26)17-7-5-11-20(15-17)28-13-12-27-19-9-2-1-3-10-19/h1-11,14-15H,12-13H2,(H2,23,25)(H,24,26). The van der Waals surface area contributed by atoms with Crippen LogP contribution in [0.25, 0.3) is 0 Å². The van der Waals surface area contributed by atoms with Crippen molar-refractivity contribution in [2.45, 2.75) is 0 Å². The lowest BCUT2D eigenvalue weighted by atomic mass is 10.1. The summed E-state index contributed by atoms with van der Waals surface area (Å²) < 4.78 is 11.2. The highest BCUT2D eigenvalue weighted by Gasteiger charge is 2.09. The first-order valence-electron chi connectivity index (χ1n) is 8.74. The summed E-state index contributed by atoms with van der Waals surface area (Å²) in [5.74, 6) is 0.476. The molecule has 28 heavy (non-hydrogen) atoms. The van der Waals surface area contributed by atoms with Gasteiger partial charge in [0.25, 0.3) is 5.91 Å². The Kier molecular flexibility index (Phi) is 6.25. The number of amides is 2. The third-order valence-electron chi connectivity index (χ3n) is 3.87. The smallest absolute Gasteiger partial charge is 0.255 e. The second kappa shape index (κ2) is 9.23. The van der Waals surface area contributed by atoms with E-state index in [0.717, 1.165) is 5.75 Å². The Morgan fingerprint density at radius 2 is 1.39 bits per heavy atom. The molecule has 3 rings (SSSR count). The van der Waals surface area contributed by atoms with Gasteiger partial charge in [-0.3, -0.25) is 9.59 Å². The number of anilines is 1. The number of hydrogen-bond donors (Lipinski definition) is 2. The van der Waals surface area contributed by atoms with Crippen LogP contribution < -0.4 is 20.5 Å². The monoisotopic (exact) mass is 376 g/mol. The number of nitrogens with one attached hydrogen (secondary N) is 1. The topological polar surface area (TPSA) is 90.7 Å². The van der Waals surface area contributed by atoms with Gasteiger partial charge >= 0.3 is 0 Å². The first-order valence-corrected chi connectivity index (χ1v) is 8.74. The number of primary amides is 1. The summed E-state index contributed by atoms with van der Waals surface area (Å²) in [5, 5.41) is 2.74. The molecule has 0 bridgehead atoms. The minimum Gasteiger partial charge on any atom is -0.490 e. The Hall–Kier alpha value is -3.80. The second-order valence-electron chi connectivity index (χ2n) is 5.94. The summed E-state index contributed by atoms with van der Waals surface area (Å²) in [7, 11) is 0. The minimum atomic E-state index is -0.552. The molecule has 6 nitrogen and oxygen atoms in total. The maximum absolute atomic E-state index is 12.5. The Labute approximate surface area is 162 Å². The van der Waals surface area contributed by atoms with E-state index in [4.69, 9.17) is 15.2 Å². The molecule has 0 unspecified atom stereocenters. The van der Waals surface area contributed by atoms with Crippen LogP contribution in [0.5, 0.6) is 11.5 Å². The number of carbonyl (C=O) groups is 2. The van der Waals surface area contributed by atoms with E-state index in [2.05, 4.69) is 5.32 Å². The molecule has 0 aromatic heterocycles. The Morgan fingerprint density at radius 3 is 2.14 bits per heavy atom. The molecular weight excluding hydrogens is 356 g/mol. The highest BCUT2D eigenvalue weighted by molar-refractivity contribution is 6.05. The molecule has 0 heterocycles. The lowest BCUT2D eigenvalue weighted by Crippen LogP contribution is -2.14. The maximum Gasteiger partial charge on any atom is 0.255 e. The molecule has 0 radical (unpaired) electrons. The first-order chi connectivity index (χ1) is 13.6. The van der Waals surface area contributed by atoms with Crippen molar-refractivity contribution in [3.63, 3.8) is 0 Å². The van der Waals surface area contributed by atoms with Crippen LogP contribution in [0.2, 0.25) is 0 Å². The Bertz CT molecular complexity index is 958. The number of hydrogen-bond acceptors (Lipinski definition) is 4. The van der Waals surface area contributed by atoms with Crippen LogP contribution in [-0.4, -0.2) is 25.0 Å². The first kappa shape index (κ1) is 19.0. The summed E-state index contributed by atoms with van der Waals surface area (Å²) in [6, 6.07) is 22.8. The molecule has 3 N–H and O–H groups in total. The Morgan fingerprint density at radius 1 is 0.750 bits per heavy atom. The van der Waals surface area contributed by atoms with Gasteiger partial charge in [-0.05, 0) is 48.5 Å². The summed E-state index contributed by atoms with van der Waals surface area (Å²) in [4.78, 5) is 23.7. The lowest BCUT2D eigenvalue weighted by molar-refractivity contribution is 0.0996. The number of ether oxygens (including phenoxy) is 2. The van der Waals surface area contributed by atoms with Gasteiger partial charge in [-0.25, -0.2) is 0 Å². The van der Waals surface area contributed by atoms with Gasteiger partial charge in [-0.2, -0.15) is 0 Å². The molecular formula is C22H20N2O4. The molecule has 2 amide bonds. The SMILES string of the molecule is NC(=O)c1cccc(NC(=O)c2cccc(OCCOc3ccccc3)c2)c1. The zero-order valence-electron chi connectivity index (χ0n) is 15.1. The molecule has 6 heteroatoms. The zero-order valence-corrected chi connectivity index (χ0v) is 15.1. The van der Waals surface area contributed by atoms with Crippen molar-refractivity contribution < 1.29 is 19.1 Å². The third-order valence-corrected chi connectivity index (χ3v) is 3.87. The van der Waals surface area contributed by atoms with E-state index in [1.807, 2.05) is 30.3 Å². The van der Waals surface area contributed by atoms with Gasteiger partial charge in [-0.1, -0.05) is 30.3 Å². The van der Waals surface area contributed by atoms with E-state index < -0.39 is 5.91 Å².